The Morgan fingerprint density at radius 3 is 2.24 bits per heavy atom. The second kappa shape index (κ2) is 10.8. The summed E-state index contributed by atoms with van der Waals surface area (Å²) in [6.45, 7) is -1.83. The van der Waals surface area contributed by atoms with E-state index >= 15 is 0 Å². The lowest BCUT2D eigenvalue weighted by atomic mass is 10.1. The van der Waals surface area contributed by atoms with Gasteiger partial charge in [-0.3, -0.25) is 13.8 Å². The van der Waals surface area contributed by atoms with Crippen LogP contribution >= 0.6 is 15.6 Å². The summed E-state index contributed by atoms with van der Waals surface area (Å²) < 4.78 is 47.7. The van der Waals surface area contributed by atoms with Crippen molar-refractivity contribution in [2.45, 2.75) is 49.3 Å². The molecule has 0 spiro atoms. The number of amides is 1. The van der Waals surface area contributed by atoms with Crippen molar-refractivity contribution in [1.82, 2.24) is 4.90 Å². The lowest BCUT2D eigenvalue weighted by Gasteiger charge is -2.28. The van der Waals surface area contributed by atoms with Crippen LogP contribution in [0.4, 0.5) is 0 Å². The minimum absolute atomic E-state index is 0.212. The highest BCUT2D eigenvalue weighted by atomic mass is 31.3. The van der Waals surface area contributed by atoms with Gasteiger partial charge in [0.15, 0.2) is 6.23 Å². The molecule has 3 aliphatic heterocycles. The monoisotopic (exact) mass is 532 g/mol. The number of aliphatic hydroxyl groups is 4. The first kappa shape index (κ1) is 27.4. The van der Waals surface area contributed by atoms with E-state index in [9.17, 15) is 44.1 Å². The van der Waals surface area contributed by atoms with Crippen LogP contribution in [-0.2, 0) is 36.8 Å². The highest BCUT2D eigenvalue weighted by Gasteiger charge is 2.47. The van der Waals surface area contributed by atoms with Gasteiger partial charge in [0.25, 0.3) is 0 Å². The number of rotatable bonds is 10. The summed E-state index contributed by atoms with van der Waals surface area (Å²) >= 11 is 0. The summed E-state index contributed by atoms with van der Waals surface area (Å²) in [4.78, 5) is 32.0. The molecule has 2 unspecified atom stereocenters. The molecule has 16 nitrogen and oxygen atoms in total. The quantitative estimate of drug-likeness (QED) is 0.142. The van der Waals surface area contributed by atoms with Crippen LogP contribution in [0.5, 0.6) is 0 Å². The molecule has 0 aromatic carbocycles. The number of carbonyl (C=O) groups excluding carboxylic acids is 1. The van der Waals surface area contributed by atoms with Crippen molar-refractivity contribution >= 4 is 21.6 Å². The Kier molecular flexibility index (Phi) is 8.69. The second-order valence-corrected chi connectivity index (χ2v) is 10.7. The van der Waals surface area contributed by atoms with Crippen LogP contribution in [0.3, 0.4) is 0 Å². The molecule has 8 N–H and O–H groups in total. The van der Waals surface area contributed by atoms with Crippen molar-refractivity contribution in [2.24, 2.45) is 5.73 Å². The van der Waals surface area contributed by atoms with Gasteiger partial charge in [-0.2, -0.15) is 4.31 Å². The number of carbonyl (C=O) groups is 1. The number of hydrogen-bond donors (Lipinski definition) is 7. The smallest absolute Gasteiger partial charge is 0.388 e. The molecule has 9 atom stereocenters. The Balaban J connectivity index is 1.53. The minimum Gasteiger partial charge on any atom is -0.388 e. The van der Waals surface area contributed by atoms with Crippen LogP contribution in [0.1, 0.15) is 6.42 Å². The molecule has 0 aromatic heterocycles. The molecular weight excluding hydrogens is 506 g/mol. The summed E-state index contributed by atoms with van der Waals surface area (Å²) in [6, 6.07) is 0. The third kappa shape index (κ3) is 6.71. The Bertz CT molecular complexity index is 914. The highest BCUT2D eigenvalue weighted by Crippen LogP contribution is 2.60. The van der Waals surface area contributed by atoms with Gasteiger partial charge in [0.2, 0.25) is 5.91 Å². The molecule has 2 fully saturated rings. The maximum absolute atomic E-state index is 12.1. The Labute approximate surface area is 193 Å². The third-order valence-electron chi connectivity index (χ3n) is 5.13. The Hall–Kier alpha value is -1.23. The van der Waals surface area contributed by atoms with E-state index in [0.717, 1.165) is 0 Å². The molecule has 194 valence electrons. The van der Waals surface area contributed by atoms with Gasteiger partial charge < -0.3 is 50.3 Å². The van der Waals surface area contributed by atoms with E-state index in [1.807, 2.05) is 0 Å². The fourth-order valence-electron chi connectivity index (χ4n) is 3.34. The molecule has 0 bridgehead atoms. The molecule has 0 saturated carbocycles. The van der Waals surface area contributed by atoms with Gasteiger partial charge >= 0.3 is 15.6 Å². The molecule has 3 aliphatic rings. The van der Waals surface area contributed by atoms with Crippen LogP contribution in [0.2, 0.25) is 0 Å². The Morgan fingerprint density at radius 2 is 1.68 bits per heavy atom. The number of phosphoric acid groups is 2. The number of phosphoric ester groups is 2. The van der Waals surface area contributed by atoms with Crippen LogP contribution in [-0.4, -0.2) is 104 Å². The molecule has 0 aromatic rings. The van der Waals surface area contributed by atoms with Crippen molar-refractivity contribution in [3.8, 4) is 0 Å². The number of primary amides is 1. The maximum Gasteiger partial charge on any atom is 0.481 e. The Morgan fingerprint density at radius 1 is 1.06 bits per heavy atom. The number of aliphatic hydroxyl groups excluding tert-OH is 4. The van der Waals surface area contributed by atoms with Crippen molar-refractivity contribution in [1.29, 1.82) is 0 Å². The number of nitrogens with zero attached hydrogens (tertiary/aromatic N) is 1. The van der Waals surface area contributed by atoms with E-state index < -0.39 is 77.6 Å². The zero-order valence-corrected chi connectivity index (χ0v) is 19.3. The van der Waals surface area contributed by atoms with Gasteiger partial charge in [-0.05, 0) is 6.42 Å². The standard InChI is InChI=1S/C16H26N2O14P2/c17-15(23)8-2-1-3-18(4-8)16-14(22)13(21)11(31-16)7-30-34(26,27)32-33(24,25)29-6-10-12(20)9(19)5-28-10/h1,3-4,9-14,16,19-22H,2,5-7H2,(H2,17,23)(H,24,25)(H,26,27)/t9-,10+,11+,12-,13+,14+,16-/m0/s1. The van der Waals surface area contributed by atoms with E-state index in [-0.39, 0.29) is 18.6 Å². The van der Waals surface area contributed by atoms with Gasteiger partial charge in [-0.1, -0.05) is 6.08 Å². The zero-order chi connectivity index (χ0) is 25.3. The number of ether oxygens (including phenoxy) is 2. The molecule has 0 aliphatic carbocycles. The number of nitrogens with two attached hydrogens (primary N) is 1. The van der Waals surface area contributed by atoms with Gasteiger partial charge in [-0.25, -0.2) is 9.13 Å². The zero-order valence-electron chi connectivity index (χ0n) is 17.5. The first-order valence-corrected chi connectivity index (χ1v) is 12.9. The van der Waals surface area contributed by atoms with Crippen molar-refractivity contribution in [2.75, 3.05) is 19.8 Å². The largest absolute Gasteiger partial charge is 0.481 e. The topological polar surface area (TPSA) is 248 Å². The first-order chi connectivity index (χ1) is 15.8. The first-order valence-electron chi connectivity index (χ1n) is 9.89. The number of hydrogen-bond acceptors (Lipinski definition) is 13. The maximum atomic E-state index is 12.1. The van der Waals surface area contributed by atoms with Crippen LogP contribution in [0.15, 0.2) is 24.0 Å². The minimum atomic E-state index is -5.24. The van der Waals surface area contributed by atoms with Crippen LogP contribution in [0.25, 0.3) is 0 Å². The van der Waals surface area contributed by atoms with E-state index in [0.29, 0.717) is 0 Å². The molecule has 34 heavy (non-hydrogen) atoms. The summed E-state index contributed by atoms with van der Waals surface area (Å²) in [7, 11) is -10.4. The van der Waals surface area contributed by atoms with Crippen LogP contribution in [0, 0.1) is 0 Å². The third-order valence-corrected chi connectivity index (χ3v) is 7.74. The van der Waals surface area contributed by atoms with E-state index in [4.69, 9.17) is 15.2 Å². The number of allylic oxidation sites excluding steroid dienone is 1. The van der Waals surface area contributed by atoms with Gasteiger partial charge in [0, 0.05) is 18.0 Å². The predicted molar refractivity (Wildman–Crippen MR) is 108 cm³/mol. The lowest BCUT2D eigenvalue weighted by molar-refractivity contribution is -0.115. The van der Waals surface area contributed by atoms with E-state index in [1.165, 1.54) is 17.3 Å². The summed E-state index contributed by atoms with van der Waals surface area (Å²) in [5, 5.41) is 39.4. The molecule has 3 heterocycles. The normalized spacial score (nSPS) is 37.3. The molecule has 0 radical (unpaired) electrons. The highest BCUT2D eigenvalue weighted by molar-refractivity contribution is 7.61. The van der Waals surface area contributed by atoms with Crippen molar-refractivity contribution in [3.63, 3.8) is 0 Å². The lowest BCUT2D eigenvalue weighted by Crippen LogP contribution is -2.40. The SMILES string of the molecule is NC(=O)C1=CN([C@H]2O[C@H](COP(=O)(O)OP(=O)(O)OC[C@H]3OC[C@H](O)[C@@H]3O)[C@@H](O)[C@H]2O)C=CC1. The van der Waals surface area contributed by atoms with Gasteiger partial charge in [0.1, 0.15) is 36.6 Å². The molecule has 18 heteroatoms. The molecular formula is C16H26N2O14P2. The molecule has 3 rings (SSSR count). The predicted octanol–water partition coefficient (Wildman–Crippen LogP) is -2.61. The molecule has 1 amide bonds. The van der Waals surface area contributed by atoms with Crippen molar-refractivity contribution in [3.05, 3.63) is 24.0 Å². The summed E-state index contributed by atoms with van der Waals surface area (Å²) in [5.41, 5.74) is 5.45. The fraction of sp³-hybridized carbons (Fsp3) is 0.688. The fourth-order valence-corrected chi connectivity index (χ4v) is 5.43. The second-order valence-electron chi connectivity index (χ2n) is 7.64. The molecule has 2 saturated heterocycles. The van der Waals surface area contributed by atoms with Crippen molar-refractivity contribution < 1.29 is 67.0 Å². The average molecular weight is 532 g/mol. The summed E-state index contributed by atoms with van der Waals surface area (Å²) in [6.07, 6.45) is -4.89. The van der Waals surface area contributed by atoms with Gasteiger partial charge in [0.05, 0.1) is 19.8 Å². The van der Waals surface area contributed by atoms with Gasteiger partial charge in [-0.15, -0.1) is 0 Å². The summed E-state index contributed by atoms with van der Waals surface area (Å²) in [5.74, 6) is -0.693. The van der Waals surface area contributed by atoms with E-state index in [1.54, 1.807) is 6.08 Å². The van der Waals surface area contributed by atoms with E-state index in [2.05, 4.69) is 13.4 Å². The van der Waals surface area contributed by atoms with Crippen LogP contribution < -0.4 is 5.73 Å². The average Bonchev–Trinajstić information content (AvgIpc) is 3.23.